The Hall–Kier alpha value is -0.700. The summed E-state index contributed by atoms with van der Waals surface area (Å²) >= 11 is 13.3. The van der Waals surface area contributed by atoms with Crippen LogP contribution in [0.1, 0.15) is 0 Å². The number of aromatic hydroxyl groups is 1. The number of hydrogen-bond acceptors (Lipinski definition) is 2. The van der Waals surface area contributed by atoms with Gasteiger partial charge in [0.05, 0.1) is 14.9 Å². The summed E-state index contributed by atoms with van der Waals surface area (Å²) in [4.78, 5) is 0.927. The summed E-state index contributed by atoms with van der Waals surface area (Å²) in [6.45, 7) is 0. The highest BCUT2D eigenvalue weighted by molar-refractivity contribution is 7.15. The number of hydrogen-bond donors (Lipinski definition) is 1. The summed E-state index contributed by atoms with van der Waals surface area (Å²) in [5, 5.41) is 12.1. The third-order valence-corrected chi connectivity index (χ3v) is 3.88. The topological polar surface area (TPSA) is 20.2 Å². The molecular formula is C10H6Cl2OS. The third-order valence-electron chi connectivity index (χ3n) is 1.82. The third kappa shape index (κ3) is 1.73. The average molecular weight is 245 g/mol. The normalized spacial score (nSPS) is 10.4. The van der Waals surface area contributed by atoms with E-state index in [2.05, 4.69) is 0 Å². The molecule has 0 atom stereocenters. The molecule has 0 spiro atoms. The monoisotopic (exact) mass is 244 g/mol. The lowest BCUT2D eigenvalue weighted by atomic mass is 10.2. The molecule has 1 aromatic carbocycles. The number of thiophene rings is 1. The molecule has 0 aliphatic heterocycles. The molecule has 0 saturated carbocycles. The van der Waals surface area contributed by atoms with Gasteiger partial charge in [-0.15, -0.1) is 11.3 Å². The Morgan fingerprint density at radius 3 is 2.21 bits per heavy atom. The minimum absolute atomic E-state index is 0.243. The largest absolute Gasteiger partial charge is 0.508 e. The van der Waals surface area contributed by atoms with Crippen LogP contribution in [0.3, 0.4) is 0 Å². The number of halogens is 2. The van der Waals surface area contributed by atoms with Gasteiger partial charge < -0.3 is 5.11 Å². The standard InChI is InChI=1S/C10H6Cl2OS/c11-8-5-14-10(9(8)12)6-1-3-7(13)4-2-6/h1-5,13H. The van der Waals surface area contributed by atoms with Crippen molar-refractivity contribution in [2.45, 2.75) is 0 Å². The fraction of sp³-hybridized carbons (Fsp3) is 0. The first-order valence-electron chi connectivity index (χ1n) is 3.90. The van der Waals surface area contributed by atoms with E-state index in [-0.39, 0.29) is 5.75 Å². The van der Waals surface area contributed by atoms with Crippen LogP contribution in [0.15, 0.2) is 29.6 Å². The van der Waals surface area contributed by atoms with Gasteiger partial charge in [-0.3, -0.25) is 0 Å². The molecule has 14 heavy (non-hydrogen) atoms. The van der Waals surface area contributed by atoms with Crippen molar-refractivity contribution in [3.05, 3.63) is 39.7 Å². The minimum atomic E-state index is 0.243. The fourth-order valence-corrected chi connectivity index (χ4v) is 2.60. The van der Waals surface area contributed by atoms with E-state index in [1.807, 2.05) is 12.1 Å². The molecular weight excluding hydrogens is 239 g/mol. The van der Waals surface area contributed by atoms with Crippen LogP contribution in [0.25, 0.3) is 10.4 Å². The Kier molecular flexibility index (Phi) is 2.68. The fourth-order valence-electron chi connectivity index (χ4n) is 1.13. The molecule has 0 unspecified atom stereocenters. The quantitative estimate of drug-likeness (QED) is 0.788. The zero-order valence-corrected chi connectivity index (χ0v) is 9.33. The molecule has 0 aliphatic carbocycles. The van der Waals surface area contributed by atoms with Crippen molar-refractivity contribution in [2.75, 3.05) is 0 Å². The van der Waals surface area contributed by atoms with Crippen LogP contribution in [0.4, 0.5) is 0 Å². The van der Waals surface area contributed by atoms with Gasteiger partial charge >= 0.3 is 0 Å². The molecule has 0 amide bonds. The minimum Gasteiger partial charge on any atom is -0.508 e. The van der Waals surface area contributed by atoms with Gasteiger partial charge in [-0.1, -0.05) is 23.2 Å². The van der Waals surface area contributed by atoms with E-state index in [4.69, 9.17) is 28.3 Å². The molecule has 2 rings (SSSR count). The Morgan fingerprint density at radius 1 is 1.07 bits per heavy atom. The second kappa shape index (κ2) is 3.81. The van der Waals surface area contributed by atoms with E-state index in [0.29, 0.717) is 10.0 Å². The summed E-state index contributed by atoms with van der Waals surface area (Å²) in [5.74, 6) is 0.243. The zero-order chi connectivity index (χ0) is 10.1. The Bertz CT molecular complexity index is 448. The summed E-state index contributed by atoms with van der Waals surface area (Å²) < 4.78 is 0. The SMILES string of the molecule is Oc1ccc(-c2scc(Cl)c2Cl)cc1. The Balaban J connectivity index is 2.49. The molecule has 1 nitrogen and oxygen atoms in total. The van der Waals surface area contributed by atoms with Crippen LogP contribution in [-0.2, 0) is 0 Å². The number of phenols is 1. The Morgan fingerprint density at radius 2 is 1.71 bits per heavy atom. The smallest absolute Gasteiger partial charge is 0.115 e. The van der Waals surface area contributed by atoms with Crippen LogP contribution >= 0.6 is 34.5 Å². The van der Waals surface area contributed by atoms with Gasteiger partial charge in [0, 0.05) is 5.38 Å². The van der Waals surface area contributed by atoms with E-state index in [1.54, 1.807) is 17.5 Å². The summed E-state index contributed by atoms with van der Waals surface area (Å²) in [5.41, 5.74) is 0.963. The molecule has 1 aromatic heterocycles. The van der Waals surface area contributed by atoms with Gasteiger partial charge in [-0.05, 0) is 29.8 Å². The maximum Gasteiger partial charge on any atom is 0.115 e. The first-order valence-corrected chi connectivity index (χ1v) is 5.54. The van der Waals surface area contributed by atoms with Gasteiger partial charge in [-0.25, -0.2) is 0 Å². The van der Waals surface area contributed by atoms with Gasteiger partial charge in [0.2, 0.25) is 0 Å². The van der Waals surface area contributed by atoms with Crippen LogP contribution in [0.5, 0.6) is 5.75 Å². The van der Waals surface area contributed by atoms with Crippen molar-refractivity contribution >= 4 is 34.5 Å². The average Bonchev–Trinajstić information content (AvgIpc) is 2.50. The van der Waals surface area contributed by atoms with Gasteiger partial charge in [0.25, 0.3) is 0 Å². The van der Waals surface area contributed by atoms with E-state index in [1.165, 1.54) is 11.3 Å². The van der Waals surface area contributed by atoms with E-state index in [0.717, 1.165) is 10.4 Å². The predicted molar refractivity (Wildman–Crippen MR) is 61.4 cm³/mol. The zero-order valence-electron chi connectivity index (χ0n) is 7.00. The molecule has 0 aliphatic rings. The first-order chi connectivity index (χ1) is 6.68. The van der Waals surface area contributed by atoms with Gasteiger partial charge in [0.1, 0.15) is 5.75 Å². The van der Waals surface area contributed by atoms with Gasteiger partial charge in [0.15, 0.2) is 0 Å². The molecule has 0 bridgehead atoms. The lowest BCUT2D eigenvalue weighted by molar-refractivity contribution is 0.475. The molecule has 2 aromatic rings. The van der Waals surface area contributed by atoms with Crippen molar-refractivity contribution in [2.24, 2.45) is 0 Å². The van der Waals surface area contributed by atoms with Crippen molar-refractivity contribution < 1.29 is 5.11 Å². The lowest BCUT2D eigenvalue weighted by Crippen LogP contribution is -1.72. The predicted octanol–water partition coefficient (Wildman–Crippen LogP) is 4.43. The molecule has 4 heteroatoms. The summed E-state index contributed by atoms with van der Waals surface area (Å²) in [7, 11) is 0. The number of rotatable bonds is 1. The highest BCUT2D eigenvalue weighted by atomic mass is 35.5. The Labute approximate surface area is 95.5 Å². The van der Waals surface area contributed by atoms with Crippen molar-refractivity contribution in [3.63, 3.8) is 0 Å². The van der Waals surface area contributed by atoms with Crippen molar-refractivity contribution in [3.8, 4) is 16.2 Å². The molecule has 0 radical (unpaired) electrons. The summed E-state index contributed by atoms with van der Waals surface area (Å²) in [6.07, 6.45) is 0. The van der Waals surface area contributed by atoms with Crippen LogP contribution in [0, 0.1) is 0 Å². The van der Waals surface area contributed by atoms with Crippen molar-refractivity contribution in [1.29, 1.82) is 0 Å². The molecule has 0 fully saturated rings. The molecule has 1 N–H and O–H groups in total. The molecule has 0 saturated heterocycles. The number of benzene rings is 1. The van der Waals surface area contributed by atoms with E-state index >= 15 is 0 Å². The molecule has 72 valence electrons. The lowest BCUT2D eigenvalue weighted by Gasteiger charge is -1.98. The van der Waals surface area contributed by atoms with E-state index < -0.39 is 0 Å². The highest BCUT2D eigenvalue weighted by Gasteiger charge is 2.09. The maximum absolute atomic E-state index is 9.12. The second-order valence-electron chi connectivity index (χ2n) is 2.77. The first kappa shape index (κ1) is 9.84. The van der Waals surface area contributed by atoms with Gasteiger partial charge in [-0.2, -0.15) is 0 Å². The van der Waals surface area contributed by atoms with Crippen LogP contribution < -0.4 is 0 Å². The van der Waals surface area contributed by atoms with E-state index in [9.17, 15) is 0 Å². The summed E-state index contributed by atoms with van der Waals surface area (Å²) in [6, 6.07) is 6.87. The second-order valence-corrected chi connectivity index (χ2v) is 4.44. The highest BCUT2D eigenvalue weighted by Crippen LogP contribution is 2.39. The van der Waals surface area contributed by atoms with Crippen LogP contribution in [0.2, 0.25) is 10.0 Å². The molecule has 1 heterocycles. The number of phenolic OH excluding ortho intramolecular Hbond substituents is 1. The van der Waals surface area contributed by atoms with Crippen LogP contribution in [-0.4, -0.2) is 5.11 Å². The maximum atomic E-state index is 9.12. The van der Waals surface area contributed by atoms with Crippen molar-refractivity contribution in [1.82, 2.24) is 0 Å².